The van der Waals surface area contributed by atoms with E-state index in [9.17, 15) is 9.90 Å². The van der Waals surface area contributed by atoms with Gasteiger partial charge in [0.2, 0.25) is 0 Å². The number of aliphatic hydroxyl groups is 1. The Kier molecular flexibility index (Phi) is 2.46. The minimum absolute atomic E-state index is 0.0216. The summed E-state index contributed by atoms with van der Waals surface area (Å²) in [6.45, 7) is 8.20. The maximum absolute atomic E-state index is 11.6. The molecule has 1 N–H and O–H groups in total. The highest BCUT2D eigenvalue weighted by molar-refractivity contribution is 5.91. The van der Waals surface area contributed by atoms with Gasteiger partial charge in [0.15, 0.2) is 0 Å². The zero-order chi connectivity index (χ0) is 13.1. The lowest BCUT2D eigenvalue weighted by atomic mass is 9.56. The van der Waals surface area contributed by atoms with Crippen molar-refractivity contribution in [2.75, 3.05) is 0 Å². The van der Waals surface area contributed by atoms with Crippen molar-refractivity contribution < 1.29 is 14.6 Å². The van der Waals surface area contributed by atoms with Crippen molar-refractivity contribution >= 4 is 5.97 Å². The Morgan fingerprint density at radius 1 is 1.39 bits per heavy atom. The Morgan fingerprint density at radius 2 is 2.11 bits per heavy atom. The van der Waals surface area contributed by atoms with Crippen LogP contribution in [0.5, 0.6) is 0 Å². The van der Waals surface area contributed by atoms with Gasteiger partial charge in [-0.3, -0.25) is 0 Å². The highest BCUT2D eigenvalue weighted by Crippen LogP contribution is 2.55. The Labute approximate surface area is 108 Å². The van der Waals surface area contributed by atoms with Gasteiger partial charge < -0.3 is 9.84 Å². The predicted molar refractivity (Wildman–Crippen MR) is 67.8 cm³/mol. The zero-order valence-electron chi connectivity index (χ0n) is 11.0. The monoisotopic (exact) mass is 248 g/mol. The van der Waals surface area contributed by atoms with Crippen LogP contribution >= 0.6 is 0 Å². The summed E-state index contributed by atoms with van der Waals surface area (Å²) in [6, 6.07) is 0. The summed E-state index contributed by atoms with van der Waals surface area (Å²) in [5.41, 5.74) is 3.11. The van der Waals surface area contributed by atoms with Gasteiger partial charge in [-0.05, 0) is 49.5 Å². The van der Waals surface area contributed by atoms with Crippen LogP contribution in [0.3, 0.4) is 0 Å². The molecule has 2 aliphatic carbocycles. The molecule has 0 spiro atoms. The van der Waals surface area contributed by atoms with E-state index in [1.165, 1.54) is 5.57 Å². The molecule has 0 amide bonds. The van der Waals surface area contributed by atoms with Gasteiger partial charge in [-0.25, -0.2) is 4.79 Å². The summed E-state index contributed by atoms with van der Waals surface area (Å²) in [7, 11) is 0. The highest BCUT2D eigenvalue weighted by Gasteiger charge is 2.50. The Balaban J connectivity index is 1.96. The molecule has 0 radical (unpaired) electrons. The molecule has 1 aliphatic heterocycles. The van der Waals surface area contributed by atoms with E-state index in [0.29, 0.717) is 12.3 Å². The van der Waals surface area contributed by atoms with E-state index in [1.807, 2.05) is 6.92 Å². The van der Waals surface area contributed by atoms with E-state index < -0.39 is 0 Å². The first kappa shape index (κ1) is 12.0. The standard InChI is InChI=1S/C15H20O3/c1-8-4-10(16)6-15(3)7-13-11(5-12(8)15)9(2)14(17)18-13/h10,12-13,16H,1,4-7H2,2-3H3/t10-,12-,13+,15-/m1/s1. The van der Waals surface area contributed by atoms with Crippen LogP contribution in [-0.4, -0.2) is 23.3 Å². The molecule has 3 rings (SSSR count). The van der Waals surface area contributed by atoms with Crippen molar-refractivity contribution in [1.82, 2.24) is 0 Å². The zero-order valence-corrected chi connectivity index (χ0v) is 11.0. The summed E-state index contributed by atoms with van der Waals surface area (Å²) in [5, 5.41) is 9.95. The molecule has 2 saturated carbocycles. The summed E-state index contributed by atoms with van der Waals surface area (Å²) < 4.78 is 5.44. The van der Waals surface area contributed by atoms with Gasteiger partial charge in [0, 0.05) is 5.57 Å². The fraction of sp³-hybridized carbons (Fsp3) is 0.667. The van der Waals surface area contributed by atoms with Crippen molar-refractivity contribution in [3.05, 3.63) is 23.3 Å². The highest BCUT2D eigenvalue weighted by atomic mass is 16.5. The van der Waals surface area contributed by atoms with E-state index >= 15 is 0 Å². The van der Waals surface area contributed by atoms with E-state index in [-0.39, 0.29) is 23.6 Å². The fourth-order valence-electron chi connectivity index (χ4n) is 4.06. The van der Waals surface area contributed by atoms with Crippen LogP contribution in [0.4, 0.5) is 0 Å². The van der Waals surface area contributed by atoms with Crippen molar-refractivity contribution in [3.63, 3.8) is 0 Å². The summed E-state index contributed by atoms with van der Waals surface area (Å²) in [6.07, 6.45) is 2.85. The van der Waals surface area contributed by atoms with E-state index in [2.05, 4.69) is 13.5 Å². The van der Waals surface area contributed by atoms with Gasteiger partial charge in [-0.15, -0.1) is 0 Å². The van der Waals surface area contributed by atoms with Crippen LogP contribution in [-0.2, 0) is 9.53 Å². The van der Waals surface area contributed by atoms with Gasteiger partial charge in [0.05, 0.1) is 6.10 Å². The molecular formula is C15H20O3. The molecule has 0 aromatic carbocycles. The molecule has 3 nitrogen and oxygen atoms in total. The SMILES string of the molecule is C=C1C[C@@H](O)C[C@]2(C)C[C@@H]3OC(=O)C(C)=C3C[C@H]12. The fourth-order valence-corrected chi connectivity index (χ4v) is 4.06. The molecule has 3 aliphatic rings. The van der Waals surface area contributed by atoms with Crippen LogP contribution in [0.15, 0.2) is 23.3 Å². The van der Waals surface area contributed by atoms with E-state index in [1.54, 1.807) is 0 Å². The normalized spacial score (nSPS) is 43.6. The molecule has 1 heterocycles. The number of carbonyl (C=O) groups is 1. The first-order chi connectivity index (χ1) is 8.40. The lowest BCUT2D eigenvalue weighted by molar-refractivity contribution is -0.142. The molecule has 0 aromatic rings. The number of rotatable bonds is 0. The van der Waals surface area contributed by atoms with Gasteiger partial charge in [-0.2, -0.15) is 0 Å². The molecule has 0 aromatic heterocycles. The van der Waals surface area contributed by atoms with Crippen LogP contribution in [0.1, 0.15) is 39.5 Å². The van der Waals surface area contributed by atoms with E-state index in [4.69, 9.17) is 4.74 Å². The smallest absolute Gasteiger partial charge is 0.334 e. The predicted octanol–water partition coefficient (Wildman–Crippen LogP) is 2.36. The molecule has 3 heteroatoms. The molecule has 0 unspecified atom stereocenters. The molecule has 0 saturated heterocycles. The molecule has 4 atom stereocenters. The van der Waals surface area contributed by atoms with Crippen molar-refractivity contribution in [2.24, 2.45) is 11.3 Å². The molecule has 2 fully saturated rings. The van der Waals surface area contributed by atoms with E-state index in [0.717, 1.165) is 30.4 Å². The average Bonchev–Trinajstić information content (AvgIpc) is 2.50. The molecule has 98 valence electrons. The maximum Gasteiger partial charge on any atom is 0.334 e. The quantitative estimate of drug-likeness (QED) is 0.529. The largest absolute Gasteiger partial charge is 0.454 e. The van der Waals surface area contributed by atoms with Gasteiger partial charge in [0.1, 0.15) is 6.10 Å². The lowest BCUT2D eigenvalue weighted by Crippen LogP contribution is -2.44. The van der Waals surface area contributed by atoms with Crippen molar-refractivity contribution in [2.45, 2.75) is 51.7 Å². The Bertz CT molecular complexity index is 462. The summed E-state index contributed by atoms with van der Waals surface area (Å²) >= 11 is 0. The van der Waals surface area contributed by atoms with Crippen LogP contribution < -0.4 is 0 Å². The molecular weight excluding hydrogens is 228 g/mol. The number of carbonyl (C=O) groups excluding carboxylic acids is 1. The second-order valence-electron chi connectivity index (χ2n) is 6.38. The molecule has 0 bridgehead atoms. The minimum Gasteiger partial charge on any atom is -0.454 e. The van der Waals surface area contributed by atoms with Crippen LogP contribution in [0.2, 0.25) is 0 Å². The number of hydrogen-bond acceptors (Lipinski definition) is 3. The topological polar surface area (TPSA) is 46.5 Å². The van der Waals surface area contributed by atoms with Gasteiger partial charge in [-0.1, -0.05) is 19.1 Å². The third kappa shape index (κ3) is 1.57. The summed E-state index contributed by atoms with van der Waals surface area (Å²) in [5.74, 6) is 0.222. The number of esters is 1. The third-order valence-corrected chi connectivity index (χ3v) is 5.04. The van der Waals surface area contributed by atoms with Crippen LogP contribution in [0.25, 0.3) is 0 Å². The number of ether oxygens (including phenoxy) is 1. The third-order valence-electron chi connectivity index (χ3n) is 5.04. The Morgan fingerprint density at radius 3 is 2.83 bits per heavy atom. The number of aliphatic hydroxyl groups excluding tert-OH is 1. The minimum atomic E-state index is -0.289. The van der Waals surface area contributed by atoms with Crippen LogP contribution in [0, 0.1) is 11.3 Å². The number of fused-ring (bicyclic) bond motifs is 2. The first-order valence-electron chi connectivity index (χ1n) is 6.67. The number of hydrogen-bond donors (Lipinski definition) is 1. The summed E-state index contributed by atoms with van der Waals surface area (Å²) in [4.78, 5) is 11.6. The maximum atomic E-state index is 11.6. The first-order valence-corrected chi connectivity index (χ1v) is 6.67. The second-order valence-corrected chi connectivity index (χ2v) is 6.38. The van der Waals surface area contributed by atoms with Crippen molar-refractivity contribution in [1.29, 1.82) is 0 Å². The average molecular weight is 248 g/mol. The second kappa shape index (κ2) is 3.70. The Hall–Kier alpha value is -1.09. The molecule has 18 heavy (non-hydrogen) atoms. The van der Waals surface area contributed by atoms with Gasteiger partial charge >= 0.3 is 5.97 Å². The van der Waals surface area contributed by atoms with Crippen molar-refractivity contribution in [3.8, 4) is 0 Å². The van der Waals surface area contributed by atoms with Gasteiger partial charge in [0.25, 0.3) is 0 Å². The lowest BCUT2D eigenvalue weighted by Gasteiger charge is -2.49.